The third-order valence-electron chi connectivity index (χ3n) is 4.99. The van der Waals surface area contributed by atoms with E-state index in [-0.39, 0.29) is 29.3 Å². The summed E-state index contributed by atoms with van der Waals surface area (Å²) in [7, 11) is -1.67. The van der Waals surface area contributed by atoms with Crippen LogP contribution in [-0.4, -0.2) is 51.4 Å². The van der Waals surface area contributed by atoms with Crippen molar-refractivity contribution in [2.45, 2.75) is 43.5 Å². The Kier molecular flexibility index (Phi) is 6.48. The largest absolute Gasteiger partial charge is 0.316 e. The maximum absolute atomic E-state index is 13.0. The van der Waals surface area contributed by atoms with Gasteiger partial charge in [0.25, 0.3) is 0 Å². The summed E-state index contributed by atoms with van der Waals surface area (Å²) in [6, 6.07) is 5.41. The summed E-state index contributed by atoms with van der Waals surface area (Å²) in [5.41, 5.74) is 1.79. The molecule has 2 heterocycles. The maximum Gasteiger partial charge on any atom is 0.243 e. The number of hydrogen-bond donors (Lipinski definition) is 1. The molecule has 0 aliphatic carbocycles. The molecular weight excluding hydrogens is 362 g/mol. The van der Waals surface area contributed by atoms with Crippen molar-refractivity contribution >= 4 is 34.0 Å². The van der Waals surface area contributed by atoms with E-state index in [0.29, 0.717) is 19.6 Å². The summed E-state index contributed by atoms with van der Waals surface area (Å²) >= 11 is 0. The van der Waals surface area contributed by atoms with Crippen LogP contribution in [-0.2, 0) is 21.2 Å². The first kappa shape index (κ1) is 20.2. The standard InChI is InChI=1S/C17H25N3O3S.ClH/c1-13(21)20-10-3-5-14-7-8-16(11-17(14)20)24(22,23)19-9-4-6-15(12-19)18-2;/h7-8,11,15,18H,3-6,9-10,12H2,1-2H3;1H. The number of nitrogens with one attached hydrogen (secondary N) is 1. The molecule has 25 heavy (non-hydrogen) atoms. The lowest BCUT2D eigenvalue weighted by molar-refractivity contribution is -0.116. The molecule has 1 saturated heterocycles. The van der Waals surface area contributed by atoms with Crippen LogP contribution in [0.25, 0.3) is 0 Å². The highest BCUT2D eigenvalue weighted by Gasteiger charge is 2.31. The van der Waals surface area contributed by atoms with Gasteiger partial charge in [0, 0.05) is 38.3 Å². The number of sulfonamides is 1. The van der Waals surface area contributed by atoms with Crippen LogP contribution in [0.1, 0.15) is 31.7 Å². The van der Waals surface area contributed by atoms with E-state index in [9.17, 15) is 13.2 Å². The van der Waals surface area contributed by atoms with E-state index in [2.05, 4.69) is 5.32 Å². The summed E-state index contributed by atoms with van der Waals surface area (Å²) in [6.07, 6.45) is 3.64. The van der Waals surface area contributed by atoms with Crippen molar-refractivity contribution in [3.8, 4) is 0 Å². The van der Waals surface area contributed by atoms with Crippen LogP contribution in [0.4, 0.5) is 5.69 Å². The number of piperidine rings is 1. The van der Waals surface area contributed by atoms with E-state index in [1.165, 1.54) is 6.92 Å². The number of carbonyl (C=O) groups is 1. The number of likely N-dealkylation sites (N-methyl/N-ethyl adjacent to an activating group) is 1. The van der Waals surface area contributed by atoms with Crippen molar-refractivity contribution in [2.24, 2.45) is 0 Å². The topological polar surface area (TPSA) is 69.7 Å². The number of amides is 1. The van der Waals surface area contributed by atoms with Gasteiger partial charge in [0.05, 0.1) is 4.90 Å². The molecule has 0 spiro atoms. The zero-order valence-electron chi connectivity index (χ0n) is 14.7. The van der Waals surface area contributed by atoms with Gasteiger partial charge in [0.15, 0.2) is 0 Å². The lowest BCUT2D eigenvalue weighted by atomic mass is 10.0. The zero-order chi connectivity index (χ0) is 17.3. The van der Waals surface area contributed by atoms with Crippen LogP contribution in [0.3, 0.4) is 0 Å². The Hall–Kier alpha value is -1.15. The highest BCUT2D eigenvalue weighted by molar-refractivity contribution is 7.89. The van der Waals surface area contributed by atoms with E-state index >= 15 is 0 Å². The number of fused-ring (bicyclic) bond motifs is 1. The fourth-order valence-electron chi connectivity index (χ4n) is 3.59. The van der Waals surface area contributed by atoms with Gasteiger partial charge >= 0.3 is 0 Å². The van der Waals surface area contributed by atoms with Gasteiger partial charge in [-0.1, -0.05) is 6.07 Å². The minimum Gasteiger partial charge on any atom is -0.316 e. The Morgan fingerprint density at radius 1 is 1.24 bits per heavy atom. The van der Waals surface area contributed by atoms with Crippen LogP contribution >= 0.6 is 12.4 Å². The summed E-state index contributed by atoms with van der Waals surface area (Å²) in [5, 5.41) is 3.17. The number of carbonyl (C=O) groups excluding carboxylic acids is 1. The smallest absolute Gasteiger partial charge is 0.243 e. The Bertz CT molecular complexity index is 739. The van der Waals surface area contributed by atoms with Crippen molar-refractivity contribution in [3.05, 3.63) is 23.8 Å². The number of rotatable bonds is 3. The second-order valence-corrected chi connectivity index (χ2v) is 8.49. The first-order chi connectivity index (χ1) is 11.4. The molecule has 1 unspecified atom stereocenters. The number of hydrogen-bond acceptors (Lipinski definition) is 4. The minimum absolute atomic E-state index is 0. The minimum atomic E-state index is -3.53. The van der Waals surface area contributed by atoms with Gasteiger partial charge in [-0.3, -0.25) is 4.79 Å². The van der Waals surface area contributed by atoms with Crippen LogP contribution in [0.15, 0.2) is 23.1 Å². The molecule has 1 fully saturated rings. The quantitative estimate of drug-likeness (QED) is 0.858. The third-order valence-corrected chi connectivity index (χ3v) is 6.85. The van der Waals surface area contributed by atoms with Crippen molar-refractivity contribution in [1.29, 1.82) is 0 Å². The average Bonchev–Trinajstić information content (AvgIpc) is 2.60. The molecule has 140 valence electrons. The molecule has 2 aliphatic heterocycles. The summed E-state index contributed by atoms with van der Waals surface area (Å²) in [4.78, 5) is 13.8. The Morgan fingerprint density at radius 2 is 2.00 bits per heavy atom. The number of aryl methyl sites for hydroxylation is 1. The summed E-state index contributed by atoms with van der Waals surface area (Å²) in [6.45, 7) is 3.22. The van der Waals surface area contributed by atoms with Crippen LogP contribution < -0.4 is 10.2 Å². The van der Waals surface area contributed by atoms with Crippen LogP contribution in [0.2, 0.25) is 0 Å². The lowest BCUT2D eigenvalue weighted by Gasteiger charge is -2.33. The molecule has 1 aromatic carbocycles. The fourth-order valence-corrected chi connectivity index (χ4v) is 5.13. The van der Waals surface area contributed by atoms with E-state index in [1.807, 2.05) is 13.1 Å². The molecule has 1 N–H and O–H groups in total. The Labute approximate surface area is 156 Å². The lowest BCUT2D eigenvalue weighted by Crippen LogP contribution is -2.46. The van der Waals surface area contributed by atoms with Gasteiger partial charge in [0.2, 0.25) is 15.9 Å². The molecule has 1 atom stereocenters. The van der Waals surface area contributed by atoms with E-state index < -0.39 is 10.0 Å². The molecule has 0 saturated carbocycles. The predicted molar refractivity (Wildman–Crippen MR) is 101 cm³/mol. The average molecular weight is 388 g/mol. The van der Waals surface area contributed by atoms with E-state index in [0.717, 1.165) is 36.9 Å². The summed E-state index contributed by atoms with van der Waals surface area (Å²) < 4.78 is 27.6. The SMILES string of the molecule is CNC1CCCN(S(=O)(=O)c2ccc3c(c2)N(C(C)=O)CCC3)C1.Cl. The second-order valence-electron chi connectivity index (χ2n) is 6.56. The monoisotopic (exact) mass is 387 g/mol. The molecule has 1 aromatic rings. The van der Waals surface area contributed by atoms with Gasteiger partial charge in [-0.2, -0.15) is 4.31 Å². The predicted octanol–water partition coefficient (Wildman–Crippen LogP) is 1.78. The molecule has 3 rings (SSSR count). The number of halogens is 1. The van der Waals surface area contributed by atoms with Crippen LogP contribution in [0, 0.1) is 0 Å². The molecule has 6 nitrogen and oxygen atoms in total. The fraction of sp³-hybridized carbons (Fsp3) is 0.588. The van der Waals surface area contributed by atoms with Crippen LogP contribution in [0.5, 0.6) is 0 Å². The van der Waals surface area contributed by atoms with Gasteiger partial charge in [-0.15, -0.1) is 12.4 Å². The van der Waals surface area contributed by atoms with Gasteiger partial charge < -0.3 is 10.2 Å². The van der Waals surface area contributed by atoms with Gasteiger partial charge in [0.1, 0.15) is 0 Å². The first-order valence-corrected chi connectivity index (χ1v) is 9.96. The molecule has 1 amide bonds. The highest BCUT2D eigenvalue weighted by atomic mass is 35.5. The highest BCUT2D eigenvalue weighted by Crippen LogP contribution is 2.31. The van der Waals surface area contributed by atoms with Gasteiger partial charge in [-0.25, -0.2) is 8.42 Å². The van der Waals surface area contributed by atoms with Crippen molar-refractivity contribution < 1.29 is 13.2 Å². The van der Waals surface area contributed by atoms with Crippen molar-refractivity contribution in [2.75, 3.05) is 31.6 Å². The Morgan fingerprint density at radius 3 is 2.68 bits per heavy atom. The number of benzene rings is 1. The summed E-state index contributed by atoms with van der Waals surface area (Å²) in [5.74, 6) is -0.0429. The normalized spacial score (nSPS) is 21.4. The number of anilines is 1. The molecule has 0 bridgehead atoms. The molecule has 0 aromatic heterocycles. The van der Waals surface area contributed by atoms with E-state index in [1.54, 1.807) is 21.3 Å². The molecule has 0 radical (unpaired) electrons. The van der Waals surface area contributed by atoms with E-state index in [4.69, 9.17) is 0 Å². The third kappa shape index (κ3) is 4.00. The molecule has 8 heteroatoms. The Balaban J connectivity index is 0.00000225. The number of nitrogens with zero attached hydrogens (tertiary/aromatic N) is 2. The van der Waals surface area contributed by atoms with Gasteiger partial charge in [-0.05, 0) is 50.4 Å². The second kappa shape index (κ2) is 8.03. The maximum atomic E-state index is 13.0. The zero-order valence-corrected chi connectivity index (χ0v) is 16.3. The molecule has 2 aliphatic rings. The van der Waals surface area contributed by atoms with Crippen molar-refractivity contribution in [3.63, 3.8) is 0 Å². The van der Waals surface area contributed by atoms with Crippen molar-refractivity contribution in [1.82, 2.24) is 9.62 Å². The first-order valence-electron chi connectivity index (χ1n) is 8.52. The molecular formula is C17H26ClN3O3S.